The van der Waals surface area contributed by atoms with E-state index in [1.807, 2.05) is 0 Å². The number of benzene rings is 1. The van der Waals surface area contributed by atoms with Crippen molar-refractivity contribution < 1.29 is 14.3 Å². The Morgan fingerprint density at radius 2 is 2.00 bits per heavy atom. The summed E-state index contributed by atoms with van der Waals surface area (Å²) >= 11 is 0.938. The molecule has 100 valence electrons. The number of carboxylic acid groups (broad SMARTS) is 1. The van der Waals surface area contributed by atoms with Gasteiger partial charge in [-0.3, -0.25) is 9.78 Å². The molecule has 0 fully saturated rings. The zero-order chi connectivity index (χ0) is 14.3. The highest BCUT2D eigenvalue weighted by Crippen LogP contribution is 2.29. The Kier molecular flexibility index (Phi) is 2.83. The van der Waals surface area contributed by atoms with E-state index in [0.717, 1.165) is 11.3 Å². The van der Waals surface area contributed by atoms with Crippen molar-refractivity contribution in [3.63, 3.8) is 0 Å². The van der Waals surface area contributed by atoms with E-state index in [1.165, 1.54) is 30.3 Å². The van der Waals surface area contributed by atoms with Crippen LogP contribution in [-0.2, 0) is 0 Å². The van der Waals surface area contributed by atoms with Gasteiger partial charge in [-0.15, -0.1) is 0 Å². The first-order valence-corrected chi connectivity index (χ1v) is 6.39. The molecule has 0 aliphatic heterocycles. The molecule has 2 aromatic heterocycles. The predicted octanol–water partition coefficient (Wildman–Crippen LogP) is 2.49. The summed E-state index contributed by atoms with van der Waals surface area (Å²) in [6, 6.07) is 6.98. The van der Waals surface area contributed by atoms with E-state index in [4.69, 9.17) is 5.11 Å². The Bertz CT molecular complexity index is 867. The molecule has 0 amide bonds. The molecule has 0 saturated carbocycles. The van der Waals surface area contributed by atoms with Gasteiger partial charge in [0.2, 0.25) is 0 Å². The number of hydrogen-bond acceptors (Lipinski definition) is 4. The number of rotatable bonds is 2. The van der Waals surface area contributed by atoms with E-state index >= 15 is 0 Å². The first-order valence-electron chi connectivity index (χ1n) is 5.58. The zero-order valence-electron chi connectivity index (χ0n) is 9.88. The van der Waals surface area contributed by atoms with Crippen LogP contribution in [-0.4, -0.2) is 21.0 Å². The Balaban J connectivity index is 2.34. The Morgan fingerprint density at radius 1 is 1.30 bits per heavy atom. The number of carbonyl (C=O) groups is 1. The molecule has 0 bridgehead atoms. The second-order valence-electron chi connectivity index (χ2n) is 4.06. The fourth-order valence-electron chi connectivity index (χ4n) is 1.89. The summed E-state index contributed by atoms with van der Waals surface area (Å²) in [5.74, 6) is -1.58. The van der Waals surface area contributed by atoms with Crippen molar-refractivity contribution in [1.82, 2.24) is 9.97 Å². The van der Waals surface area contributed by atoms with Gasteiger partial charge in [0, 0.05) is 5.56 Å². The van der Waals surface area contributed by atoms with Gasteiger partial charge < -0.3 is 5.11 Å². The molecule has 0 spiro atoms. The third-order valence-electron chi connectivity index (χ3n) is 2.76. The molecule has 5 nitrogen and oxygen atoms in total. The van der Waals surface area contributed by atoms with Crippen molar-refractivity contribution in [2.75, 3.05) is 0 Å². The molecule has 20 heavy (non-hydrogen) atoms. The van der Waals surface area contributed by atoms with Crippen LogP contribution >= 0.6 is 11.3 Å². The topological polar surface area (TPSA) is 83.0 Å². The SMILES string of the molecule is O=C(O)c1cc(-c2ccc(F)cc2)c2sc(=O)[nH]c2n1. The lowest BCUT2D eigenvalue weighted by Gasteiger charge is -2.04. The molecular formula is C13H7FN2O3S. The summed E-state index contributed by atoms with van der Waals surface area (Å²) < 4.78 is 13.5. The van der Waals surface area contributed by atoms with Gasteiger partial charge in [0.25, 0.3) is 0 Å². The molecule has 1 aromatic carbocycles. The van der Waals surface area contributed by atoms with Crippen molar-refractivity contribution >= 4 is 27.7 Å². The zero-order valence-corrected chi connectivity index (χ0v) is 10.7. The van der Waals surface area contributed by atoms with Crippen molar-refractivity contribution in [2.24, 2.45) is 0 Å². The molecule has 0 saturated heterocycles. The summed E-state index contributed by atoms with van der Waals surface area (Å²) in [5, 5.41) is 9.06. The third-order valence-corrected chi connectivity index (χ3v) is 3.67. The first kappa shape index (κ1) is 12.5. The molecule has 3 rings (SSSR count). The largest absolute Gasteiger partial charge is 0.477 e. The number of H-pyrrole nitrogens is 1. The van der Waals surface area contributed by atoms with Crippen LogP contribution in [0.25, 0.3) is 21.5 Å². The second-order valence-corrected chi connectivity index (χ2v) is 5.04. The molecule has 0 unspecified atom stereocenters. The molecule has 2 heterocycles. The van der Waals surface area contributed by atoms with E-state index in [-0.39, 0.29) is 22.0 Å². The van der Waals surface area contributed by atoms with Crippen LogP contribution in [0.5, 0.6) is 0 Å². The fraction of sp³-hybridized carbons (Fsp3) is 0. The van der Waals surface area contributed by atoms with E-state index in [2.05, 4.69) is 9.97 Å². The lowest BCUT2D eigenvalue weighted by Crippen LogP contribution is -2.01. The number of carboxylic acids is 1. The number of aromatic nitrogens is 2. The number of halogens is 1. The van der Waals surface area contributed by atoms with E-state index in [0.29, 0.717) is 15.8 Å². The second kappa shape index (κ2) is 4.53. The number of aromatic carboxylic acids is 1. The predicted molar refractivity (Wildman–Crippen MR) is 72.6 cm³/mol. The number of aromatic amines is 1. The molecule has 0 radical (unpaired) electrons. The Morgan fingerprint density at radius 3 is 2.65 bits per heavy atom. The lowest BCUT2D eigenvalue weighted by molar-refractivity contribution is 0.0691. The molecule has 0 atom stereocenters. The maximum absolute atomic E-state index is 13.0. The lowest BCUT2D eigenvalue weighted by atomic mass is 10.1. The Hall–Kier alpha value is -2.54. The fourth-order valence-corrected chi connectivity index (χ4v) is 2.70. The molecule has 0 aliphatic carbocycles. The summed E-state index contributed by atoms with van der Waals surface area (Å²) in [7, 11) is 0. The maximum atomic E-state index is 13.0. The van der Waals surface area contributed by atoms with E-state index in [9.17, 15) is 14.0 Å². The van der Waals surface area contributed by atoms with Crippen LogP contribution in [0.15, 0.2) is 35.1 Å². The number of hydrogen-bond donors (Lipinski definition) is 2. The third kappa shape index (κ3) is 2.08. The van der Waals surface area contributed by atoms with Crippen LogP contribution in [0.2, 0.25) is 0 Å². The molecule has 2 N–H and O–H groups in total. The van der Waals surface area contributed by atoms with Gasteiger partial charge in [-0.1, -0.05) is 23.5 Å². The number of fused-ring (bicyclic) bond motifs is 1. The highest BCUT2D eigenvalue weighted by atomic mass is 32.1. The molecule has 3 aromatic rings. The first-order chi connectivity index (χ1) is 9.54. The molecule has 0 aliphatic rings. The average molecular weight is 290 g/mol. The van der Waals surface area contributed by atoms with Crippen molar-refractivity contribution in [2.45, 2.75) is 0 Å². The van der Waals surface area contributed by atoms with Crippen LogP contribution in [0.1, 0.15) is 10.5 Å². The van der Waals surface area contributed by atoms with E-state index < -0.39 is 5.97 Å². The van der Waals surface area contributed by atoms with Gasteiger partial charge in [0.05, 0.1) is 4.70 Å². The molecular weight excluding hydrogens is 283 g/mol. The van der Waals surface area contributed by atoms with Crippen molar-refractivity contribution in [1.29, 1.82) is 0 Å². The number of thiazole rings is 1. The van der Waals surface area contributed by atoms with Gasteiger partial charge in [0.1, 0.15) is 5.82 Å². The standard InChI is InChI=1S/C13H7FN2O3S/c14-7-3-1-6(2-4-7)8-5-9(12(17)18)15-11-10(8)20-13(19)16-11/h1-5H,(H,17,18)(H,15,16,19). The van der Waals surface area contributed by atoms with Crippen molar-refractivity contribution in [3.05, 3.63) is 51.5 Å². The summed E-state index contributed by atoms with van der Waals surface area (Å²) in [6.45, 7) is 0. The molecule has 7 heteroatoms. The maximum Gasteiger partial charge on any atom is 0.354 e. The number of pyridine rings is 1. The van der Waals surface area contributed by atoms with Gasteiger partial charge in [-0.25, -0.2) is 14.2 Å². The highest BCUT2D eigenvalue weighted by molar-refractivity contribution is 7.16. The van der Waals surface area contributed by atoms with Crippen LogP contribution in [0.4, 0.5) is 4.39 Å². The van der Waals surface area contributed by atoms with Crippen LogP contribution in [0, 0.1) is 5.82 Å². The Labute approximate surface area is 115 Å². The monoisotopic (exact) mass is 290 g/mol. The minimum Gasteiger partial charge on any atom is -0.477 e. The quantitative estimate of drug-likeness (QED) is 0.759. The normalized spacial score (nSPS) is 10.8. The summed E-state index contributed by atoms with van der Waals surface area (Å²) in [5.41, 5.74) is 1.21. The van der Waals surface area contributed by atoms with Gasteiger partial charge in [-0.05, 0) is 23.8 Å². The van der Waals surface area contributed by atoms with Gasteiger partial charge >= 0.3 is 10.8 Å². The van der Waals surface area contributed by atoms with Gasteiger partial charge in [-0.2, -0.15) is 0 Å². The number of nitrogens with zero attached hydrogens (tertiary/aromatic N) is 1. The summed E-state index contributed by atoms with van der Waals surface area (Å²) in [6.07, 6.45) is 0. The minimum absolute atomic E-state index is 0.175. The highest BCUT2D eigenvalue weighted by Gasteiger charge is 2.14. The minimum atomic E-state index is -1.19. The summed E-state index contributed by atoms with van der Waals surface area (Å²) in [4.78, 5) is 28.6. The number of nitrogens with one attached hydrogen (secondary N) is 1. The van der Waals surface area contributed by atoms with E-state index in [1.54, 1.807) is 0 Å². The van der Waals surface area contributed by atoms with Crippen LogP contribution < -0.4 is 4.87 Å². The smallest absolute Gasteiger partial charge is 0.354 e. The van der Waals surface area contributed by atoms with Crippen LogP contribution in [0.3, 0.4) is 0 Å². The average Bonchev–Trinajstić information content (AvgIpc) is 2.78. The van der Waals surface area contributed by atoms with Crippen molar-refractivity contribution in [3.8, 4) is 11.1 Å². The van der Waals surface area contributed by atoms with Gasteiger partial charge in [0.15, 0.2) is 11.3 Å².